The molecule has 26 heavy (non-hydrogen) atoms. The van der Waals surface area contributed by atoms with Crippen LogP contribution in [-0.4, -0.2) is 22.5 Å². The quantitative estimate of drug-likeness (QED) is 0.676. The van der Waals surface area contributed by atoms with Gasteiger partial charge in [-0.05, 0) is 30.3 Å². The summed E-state index contributed by atoms with van der Waals surface area (Å²) in [5.74, 6) is -0.991. The maximum absolute atomic E-state index is 12.3. The van der Waals surface area contributed by atoms with Gasteiger partial charge in [0, 0.05) is 22.3 Å². The van der Waals surface area contributed by atoms with Crippen molar-refractivity contribution in [3.8, 4) is 17.0 Å². The zero-order valence-corrected chi connectivity index (χ0v) is 13.7. The number of nitrogens with one attached hydrogen (secondary N) is 2. The molecule has 0 saturated heterocycles. The molecule has 134 valence electrons. The van der Waals surface area contributed by atoms with Crippen LogP contribution in [0.4, 0.5) is 18.9 Å². The molecule has 0 fully saturated rings. The smallest absolute Gasteiger partial charge is 0.406 e. The standard InChI is InChI=1S/C17H11ClF3N3O2/c18-11-4-1-3-10(7-11)14-9-15(24-23-14)16(25)22-12-5-2-6-13(8-12)26-17(19,20)21/h1-9H,(H,22,25)(H,23,24). The van der Waals surface area contributed by atoms with Crippen LogP contribution in [0, 0.1) is 0 Å². The van der Waals surface area contributed by atoms with Crippen molar-refractivity contribution >= 4 is 23.2 Å². The predicted octanol–water partition coefficient (Wildman–Crippen LogP) is 4.88. The molecule has 0 aliphatic rings. The van der Waals surface area contributed by atoms with Gasteiger partial charge in [0.05, 0.1) is 5.69 Å². The molecule has 0 spiro atoms. The summed E-state index contributed by atoms with van der Waals surface area (Å²) in [6.07, 6.45) is -4.81. The fourth-order valence-electron chi connectivity index (χ4n) is 2.20. The number of aromatic nitrogens is 2. The Morgan fingerprint density at radius 1 is 1.12 bits per heavy atom. The van der Waals surface area contributed by atoms with Crippen LogP contribution in [0.1, 0.15) is 10.5 Å². The molecule has 0 unspecified atom stereocenters. The number of amides is 1. The van der Waals surface area contributed by atoms with Gasteiger partial charge in [0.15, 0.2) is 0 Å². The molecule has 1 aromatic heterocycles. The van der Waals surface area contributed by atoms with Crippen LogP contribution in [-0.2, 0) is 0 Å². The second-order valence-electron chi connectivity index (χ2n) is 5.21. The molecule has 0 atom stereocenters. The third-order valence-corrected chi connectivity index (χ3v) is 3.50. The van der Waals surface area contributed by atoms with Gasteiger partial charge in [0.25, 0.3) is 5.91 Å². The highest BCUT2D eigenvalue weighted by atomic mass is 35.5. The summed E-state index contributed by atoms with van der Waals surface area (Å²) in [5.41, 5.74) is 1.51. The number of H-pyrrole nitrogens is 1. The second-order valence-corrected chi connectivity index (χ2v) is 5.64. The fourth-order valence-corrected chi connectivity index (χ4v) is 2.39. The van der Waals surface area contributed by atoms with Crippen molar-refractivity contribution in [1.29, 1.82) is 0 Å². The Morgan fingerprint density at radius 2 is 1.88 bits per heavy atom. The molecule has 0 saturated carbocycles. The number of ether oxygens (including phenoxy) is 1. The van der Waals surface area contributed by atoms with Crippen LogP contribution < -0.4 is 10.1 Å². The van der Waals surface area contributed by atoms with Crippen molar-refractivity contribution in [3.05, 3.63) is 65.3 Å². The van der Waals surface area contributed by atoms with E-state index in [4.69, 9.17) is 11.6 Å². The van der Waals surface area contributed by atoms with E-state index in [1.165, 1.54) is 18.2 Å². The fraction of sp³-hybridized carbons (Fsp3) is 0.0588. The number of alkyl halides is 3. The van der Waals surface area contributed by atoms with E-state index in [0.29, 0.717) is 16.3 Å². The Hall–Kier alpha value is -3.00. The molecule has 3 rings (SSSR count). The van der Waals surface area contributed by atoms with Crippen LogP contribution in [0.5, 0.6) is 5.75 Å². The number of anilines is 1. The molecule has 2 N–H and O–H groups in total. The minimum atomic E-state index is -4.81. The summed E-state index contributed by atoms with van der Waals surface area (Å²) in [4.78, 5) is 12.3. The molecule has 2 aromatic carbocycles. The highest BCUT2D eigenvalue weighted by Crippen LogP contribution is 2.26. The van der Waals surface area contributed by atoms with Crippen LogP contribution in [0.25, 0.3) is 11.3 Å². The Kier molecular flexibility index (Phi) is 4.85. The summed E-state index contributed by atoms with van der Waals surface area (Å²) in [7, 11) is 0. The van der Waals surface area contributed by atoms with Crippen molar-refractivity contribution in [1.82, 2.24) is 10.2 Å². The van der Waals surface area contributed by atoms with E-state index >= 15 is 0 Å². The molecule has 3 aromatic rings. The van der Waals surface area contributed by atoms with Gasteiger partial charge in [-0.2, -0.15) is 5.10 Å². The number of carbonyl (C=O) groups excluding carboxylic acids is 1. The monoisotopic (exact) mass is 381 g/mol. The molecule has 0 radical (unpaired) electrons. The van der Waals surface area contributed by atoms with E-state index in [1.807, 2.05) is 0 Å². The molecule has 9 heteroatoms. The highest BCUT2D eigenvalue weighted by molar-refractivity contribution is 6.30. The molecule has 5 nitrogen and oxygen atoms in total. The Balaban J connectivity index is 1.74. The second kappa shape index (κ2) is 7.09. The lowest BCUT2D eigenvalue weighted by atomic mass is 10.1. The van der Waals surface area contributed by atoms with Gasteiger partial charge in [-0.3, -0.25) is 9.89 Å². The maximum Gasteiger partial charge on any atom is 0.573 e. The number of halogens is 4. The maximum atomic E-state index is 12.3. The molecule has 0 bridgehead atoms. The van der Waals surface area contributed by atoms with Crippen molar-refractivity contribution in [2.24, 2.45) is 0 Å². The first-order valence-electron chi connectivity index (χ1n) is 7.29. The number of aromatic amines is 1. The first-order chi connectivity index (χ1) is 12.3. The zero-order chi connectivity index (χ0) is 18.7. The SMILES string of the molecule is O=C(Nc1cccc(OC(F)(F)F)c1)c1cc(-c2cccc(Cl)c2)n[nH]1. The van der Waals surface area contributed by atoms with E-state index in [-0.39, 0.29) is 11.4 Å². The minimum Gasteiger partial charge on any atom is -0.406 e. The normalized spacial score (nSPS) is 11.2. The van der Waals surface area contributed by atoms with Gasteiger partial charge in [-0.15, -0.1) is 13.2 Å². The number of hydrogen-bond acceptors (Lipinski definition) is 3. The van der Waals surface area contributed by atoms with E-state index < -0.39 is 18.0 Å². The molecule has 0 aliphatic carbocycles. The average molecular weight is 382 g/mol. The lowest BCUT2D eigenvalue weighted by Crippen LogP contribution is -2.17. The summed E-state index contributed by atoms with van der Waals surface area (Å²) in [6, 6.07) is 13.4. The van der Waals surface area contributed by atoms with E-state index in [1.54, 1.807) is 24.3 Å². The van der Waals surface area contributed by atoms with Crippen molar-refractivity contribution in [2.45, 2.75) is 6.36 Å². The Morgan fingerprint density at radius 3 is 2.62 bits per heavy atom. The van der Waals surface area contributed by atoms with Gasteiger partial charge in [0.1, 0.15) is 11.4 Å². The van der Waals surface area contributed by atoms with Crippen LogP contribution in [0.2, 0.25) is 5.02 Å². The van der Waals surface area contributed by atoms with Crippen LogP contribution in [0.3, 0.4) is 0 Å². The third kappa shape index (κ3) is 4.54. The first-order valence-corrected chi connectivity index (χ1v) is 7.66. The molecule has 1 heterocycles. The molecular weight excluding hydrogens is 371 g/mol. The van der Waals surface area contributed by atoms with Crippen LogP contribution >= 0.6 is 11.6 Å². The Labute approximate surface area is 150 Å². The van der Waals surface area contributed by atoms with Crippen molar-refractivity contribution < 1.29 is 22.7 Å². The predicted molar refractivity (Wildman–Crippen MR) is 90.1 cm³/mol. The van der Waals surface area contributed by atoms with Gasteiger partial charge < -0.3 is 10.1 Å². The summed E-state index contributed by atoms with van der Waals surface area (Å²) in [6.45, 7) is 0. The topological polar surface area (TPSA) is 67.0 Å². The van der Waals surface area contributed by atoms with Crippen LogP contribution in [0.15, 0.2) is 54.6 Å². The lowest BCUT2D eigenvalue weighted by molar-refractivity contribution is -0.274. The molecular formula is C17H11ClF3N3O2. The third-order valence-electron chi connectivity index (χ3n) is 3.27. The number of carbonyl (C=O) groups is 1. The Bertz CT molecular complexity index is 941. The number of nitrogens with zero attached hydrogens (tertiary/aromatic N) is 1. The van der Waals surface area contributed by atoms with Gasteiger partial charge >= 0.3 is 6.36 Å². The summed E-state index contributed by atoms with van der Waals surface area (Å²) < 4.78 is 40.6. The van der Waals surface area contributed by atoms with E-state index in [0.717, 1.165) is 12.1 Å². The first kappa shape index (κ1) is 17.8. The van der Waals surface area contributed by atoms with E-state index in [9.17, 15) is 18.0 Å². The molecule has 0 aliphatic heterocycles. The number of benzene rings is 2. The zero-order valence-electron chi connectivity index (χ0n) is 13.0. The summed E-state index contributed by atoms with van der Waals surface area (Å²) in [5, 5.41) is 9.62. The average Bonchev–Trinajstić information content (AvgIpc) is 3.03. The van der Waals surface area contributed by atoms with Gasteiger partial charge in [-0.1, -0.05) is 29.8 Å². The van der Waals surface area contributed by atoms with Crippen molar-refractivity contribution in [3.63, 3.8) is 0 Å². The van der Waals surface area contributed by atoms with Gasteiger partial charge in [0.2, 0.25) is 0 Å². The largest absolute Gasteiger partial charge is 0.573 e. The van der Waals surface area contributed by atoms with Crippen molar-refractivity contribution in [2.75, 3.05) is 5.32 Å². The van der Waals surface area contributed by atoms with Gasteiger partial charge in [-0.25, -0.2) is 0 Å². The van der Waals surface area contributed by atoms with E-state index in [2.05, 4.69) is 20.3 Å². The minimum absolute atomic E-state index is 0.141. The number of rotatable bonds is 4. The number of hydrogen-bond donors (Lipinski definition) is 2. The highest BCUT2D eigenvalue weighted by Gasteiger charge is 2.31. The molecule has 1 amide bonds. The lowest BCUT2D eigenvalue weighted by Gasteiger charge is -2.10. The summed E-state index contributed by atoms with van der Waals surface area (Å²) >= 11 is 5.92.